The first-order valence-electron chi connectivity index (χ1n) is 4.98. The number of halogens is 1. The molecule has 0 aliphatic rings. The zero-order valence-electron chi connectivity index (χ0n) is 8.89. The SMILES string of the molecule is C[n+]1cccc2ccc3cccnc3c21.[I-]. The molecule has 0 aliphatic heterocycles. The lowest BCUT2D eigenvalue weighted by Gasteiger charge is -2.00. The van der Waals surface area contributed by atoms with Gasteiger partial charge in [0.2, 0.25) is 5.52 Å². The zero-order valence-corrected chi connectivity index (χ0v) is 11.0. The van der Waals surface area contributed by atoms with Crippen LogP contribution in [0.5, 0.6) is 0 Å². The summed E-state index contributed by atoms with van der Waals surface area (Å²) < 4.78 is 2.12. The van der Waals surface area contributed by atoms with E-state index in [1.165, 1.54) is 16.3 Å². The summed E-state index contributed by atoms with van der Waals surface area (Å²) in [5.41, 5.74) is 2.26. The molecule has 0 atom stereocenters. The molecule has 2 aromatic heterocycles. The van der Waals surface area contributed by atoms with Gasteiger partial charge >= 0.3 is 0 Å². The normalized spacial score (nSPS) is 10.3. The van der Waals surface area contributed by atoms with Crippen molar-refractivity contribution in [3.63, 3.8) is 0 Å². The average molecular weight is 322 g/mol. The largest absolute Gasteiger partial charge is 1.00 e. The van der Waals surface area contributed by atoms with Crippen LogP contribution < -0.4 is 28.5 Å². The zero-order chi connectivity index (χ0) is 10.3. The van der Waals surface area contributed by atoms with Gasteiger partial charge in [0.25, 0.3) is 0 Å². The summed E-state index contributed by atoms with van der Waals surface area (Å²) in [5, 5.41) is 2.41. The molecule has 16 heavy (non-hydrogen) atoms. The van der Waals surface area contributed by atoms with Crippen molar-refractivity contribution >= 4 is 21.8 Å². The first-order chi connectivity index (χ1) is 7.36. The molecule has 3 heteroatoms. The van der Waals surface area contributed by atoms with E-state index >= 15 is 0 Å². The van der Waals surface area contributed by atoms with Gasteiger partial charge in [-0.15, -0.1) is 0 Å². The predicted molar refractivity (Wildman–Crippen MR) is 60.4 cm³/mol. The summed E-state index contributed by atoms with van der Waals surface area (Å²) in [6.45, 7) is 0. The second-order valence-electron chi connectivity index (χ2n) is 3.70. The number of nitrogens with zero attached hydrogens (tertiary/aromatic N) is 2. The minimum Gasteiger partial charge on any atom is -1.00 e. The Morgan fingerprint density at radius 1 is 1.00 bits per heavy atom. The van der Waals surface area contributed by atoms with Gasteiger partial charge in [-0.05, 0) is 18.2 Å². The number of hydrogen-bond donors (Lipinski definition) is 0. The average Bonchev–Trinajstić information content (AvgIpc) is 2.29. The highest BCUT2D eigenvalue weighted by molar-refractivity contribution is 6.00. The Morgan fingerprint density at radius 2 is 1.75 bits per heavy atom. The van der Waals surface area contributed by atoms with E-state index in [0.29, 0.717) is 0 Å². The minimum atomic E-state index is 0. The summed E-state index contributed by atoms with van der Waals surface area (Å²) >= 11 is 0. The molecule has 3 aromatic rings. The molecule has 80 valence electrons. The van der Waals surface area contributed by atoms with Gasteiger partial charge in [-0.25, -0.2) is 4.98 Å². The molecule has 0 aliphatic carbocycles. The van der Waals surface area contributed by atoms with E-state index in [-0.39, 0.29) is 24.0 Å². The highest BCUT2D eigenvalue weighted by atomic mass is 127. The molecule has 0 fully saturated rings. The fraction of sp³-hybridized carbons (Fsp3) is 0.0769. The number of aryl methyl sites for hydroxylation is 1. The summed E-state index contributed by atoms with van der Waals surface area (Å²) in [7, 11) is 2.05. The number of aromatic nitrogens is 2. The van der Waals surface area contributed by atoms with Gasteiger partial charge < -0.3 is 24.0 Å². The second-order valence-corrected chi connectivity index (χ2v) is 3.70. The molecule has 0 spiro atoms. The molecular weight excluding hydrogens is 311 g/mol. The minimum absolute atomic E-state index is 0. The molecule has 2 nitrogen and oxygen atoms in total. The van der Waals surface area contributed by atoms with Crippen LogP contribution in [0.1, 0.15) is 0 Å². The van der Waals surface area contributed by atoms with Crippen molar-refractivity contribution < 1.29 is 28.5 Å². The van der Waals surface area contributed by atoms with Crippen LogP contribution in [-0.4, -0.2) is 4.98 Å². The Kier molecular flexibility index (Phi) is 3.05. The van der Waals surface area contributed by atoms with Crippen LogP contribution in [0.2, 0.25) is 0 Å². The Hall–Kier alpha value is -1.23. The van der Waals surface area contributed by atoms with Crippen molar-refractivity contribution in [1.29, 1.82) is 0 Å². The lowest BCUT2D eigenvalue weighted by molar-refractivity contribution is -0.644. The highest BCUT2D eigenvalue weighted by Gasteiger charge is 2.09. The molecule has 0 unspecified atom stereocenters. The van der Waals surface area contributed by atoms with E-state index < -0.39 is 0 Å². The van der Waals surface area contributed by atoms with Gasteiger partial charge in [-0.1, -0.05) is 12.1 Å². The van der Waals surface area contributed by atoms with Crippen molar-refractivity contribution in [3.8, 4) is 0 Å². The third-order valence-corrected chi connectivity index (χ3v) is 2.72. The van der Waals surface area contributed by atoms with E-state index in [0.717, 1.165) is 5.52 Å². The molecule has 0 N–H and O–H groups in total. The number of benzene rings is 1. The lowest BCUT2D eigenvalue weighted by Crippen LogP contribution is -3.00. The smallest absolute Gasteiger partial charge is 0.238 e. The van der Waals surface area contributed by atoms with Crippen molar-refractivity contribution in [2.75, 3.05) is 0 Å². The number of pyridine rings is 2. The van der Waals surface area contributed by atoms with E-state index in [2.05, 4.69) is 53.1 Å². The van der Waals surface area contributed by atoms with Gasteiger partial charge in [0.05, 0.1) is 0 Å². The van der Waals surface area contributed by atoms with Crippen LogP contribution in [0.4, 0.5) is 0 Å². The Labute approximate surface area is 111 Å². The van der Waals surface area contributed by atoms with E-state index in [1.54, 1.807) is 0 Å². The van der Waals surface area contributed by atoms with Gasteiger partial charge in [-0.2, -0.15) is 4.57 Å². The van der Waals surface area contributed by atoms with Gasteiger partial charge in [0.1, 0.15) is 12.6 Å². The fourth-order valence-electron chi connectivity index (χ4n) is 2.00. The maximum absolute atomic E-state index is 4.45. The maximum atomic E-state index is 4.45. The van der Waals surface area contributed by atoms with E-state index in [4.69, 9.17) is 0 Å². The van der Waals surface area contributed by atoms with Crippen molar-refractivity contribution in [2.45, 2.75) is 0 Å². The second kappa shape index (κ2) is 4.33. The molecule has 0 amide bonds. The van der Waals surface area contributed by atoms with Crippen molar-refractivity contribution in [2.24, 2.45) is 7.05 Å². The monoisotopic (exact) mass is 322 g/mol. The summed E-state index contributed by atoms with van der Waals surface area (Å²) in [6.07, 6.45) is 3.89. The molecule has 2 heterocycles. The molecule has 0 saturated carbocycles. The molecule has 0 bridgehead atoms. The first-order valence-corrected chi connectivity index (χ1v) is 4.98. The van der Waals surface area contributed by atoms with Crippen LogP contribution in [-0.2, 0) is 7.05 Å². The van der Waals surface area contributed by atoms with Gasteiger partial charge in [0.15, 0.2) is 6.20 Å². The Bertz CT molecular complexity index is 650. The van der Waals surface area contributed by atoms with Crippen molar-refractivity contribution in [3.05, 3.63) is 48.8 Å². The molecule has 1 aromatic carbocycles. The van der Waals surface area contributed by atoms with Crippen LogP contribution in [0.25, 0.3) is 21.8 Å². The van der Waals surface area contributed by atoms with Crippen LogP contribution >= 0.6 is 0 Å². The molecule has 0 saturated heterocycles. The fourth-order valence-corrected chi connectivity index (χ4v) is 2.00. The van der Waals surface area contributed by atoms with Crippen molar-refractivity contribution in [1.82, 2.24) is 4.98 Å². The quantitative estimate of drug-likeness (QED) is 0.301. The van der Waals surface area contributed by atoms with E-state index in [1.807, 2.05) is 12.3 Å². The Morgan fingerprint density at radius 3 is 2.62 bits per heavy atom. The molecule has 0 radical (unpaired) electrons. The van der Waals surface area contributed by atoms with Gasteiger partial charge in [0, 0.05) is 23.0 Å². The number of rotatable bonds is 0. The van der Waals surface area contributed by atoms with Crippen LogP contribution in [0.3, 0.4) is 0 Å². The summed E-state index contributed by atoms with van der Waals surface area (Å²) in [4.78, 5) is 4.45. The third-order valence-electron chi connectivity index (χ3n) is 2.72. The third kappa shape index (κ3) is 1.65. The predicted octanol–water partition coefficient (Wildman–Crippen LogP) is -0.784. The molecule has 3 rings (SSSR count). The van der Waals surface area contributed by atoms with Gasteiger partial charge in [-0.3, -0.25) is 0 Å². The summed E-state index contributed by atoms with van der Waals surface area (Å²) in [5.74, 6) is 0. The first kappa shape index (κ1) is 11.3. The van der Waals surface area contributed by atoms with Crippen LogP contribution in [0.15, 0.2) is 48.8 Å². The Balaban J connectivity index is 0.000000963. The van der Waals surface area contributed by atoms with Crippen LogP contribution in [0, 0.1) is 0 Å². The topological polar surface area (TPSA) is 16.8 Å². The standard InChI is InChI=1S/C13H11N2.HI/c1-15-9-3-5-11-7-6-10-4-2-8-14-12(10)13(11)15;/h2-9H,1H3;1H/q+1;/p-1. The number of fused-ring (bicyclic) bond motifs is 3. The lowest BCUT2D eigenvalue weighted by atomic mass is 10.1. The maximum Gasteiger partial charge on any atom is 0.238 e. The molecular formula is C13H11IN2. The number of hydrogen-bond acceptors (Lipinski definition) is 1. The van der Waals surface area contributed by atoms with E-state index in [9.17, 15) is 0 Å². The highest BCUT2D eigenvalue weighted by Crippen LogP contribution is 2.19. The summed E-state index contributed by atoms with van der Waals surface area (Å²) in [6, 6.07) is 12.5.